The van der Waals surface area contributed by atoms with E-state index in [0.717, 1.165) is 5.56 Å². The zero-order valence-corrected chi connectivity index (χ0v) is 7.41. The van der Waals surface area contributed by atoms with Crippen LogP contribution in [0.25, 0.3) is 0 Å². The summed E-state index contributed by atoms with van der Waals surface area (Å²) in [5, 5.41) is 8.33. The van der Waals surface area contributed by atoms with E-state index in [0.29, 0.717) is 12.8 Å². The van der Waals surface area contributed by atoms with Crippen molar-refractivity contribution in [2.45, 2.75) is 19.5 Å². The van der Waals surface area contributed by atoms with Gasteiger partial charge in [0.05, 0.1) is 6.07 Å². The molecule has 14 heavy (non-hydrogen) atoms. The minimum Gasteiger partial charge on any atom is -0.435 e. The summed E-state index contributed by atoms with van der Waals surface area (Å²) in [6.07, 6.45) is 1.06. The van der Waals surface area contributed by atoms with E-state index in [1.165, 1.54) is 12.1 Å². The molecular formula is C10H9F2NO. The van der Waals surface area contributed by atoms with Crippen molar-refractivity contribution in [3.05, 3.63) is 29.8 Å². The summed E-state index contributed by atoms with van der Waals surface area (Å²) in [6, 6.07) is 8.31. The summed E-state index contributed by atoms with van der Waals surface area (Å²) < 4.78 is 27.7. The lowest BCUT2D eigenvalue weighted by atomic mass is 10.1. The van der Waals surface area contributed by atoms with Crippen molar-refractivity contribution in [1.82, 2.24) is 0 Å². The Labute approximate surface area is 80.7 Å². The highest BCUT2D eigenvalue weighted by molar-refractivity contribution is 5.27. The van der Waals surface area contributed by atoms with Crippen LogP contribution in [0, 0.1) is 11.3 Å². The first-order valence-electron chi connectivity index (χ1n) is 4.13. The molecule has 0 saturated carbocycles. The molecule has 0 bridgehead atoms. The van der Waals surface area contributed by atoms with Crippen LogP contribution in [-0.4, -0.2) is 6.61 Å². The predicted octanol–water partition coefficient (Wildman–Crippen LogP) is 2.74. The Kier molecular flexibility index (Phi) is 3.86. The van der Waals surface area contributed by atoms with E-state index < -0.39 is 6.61 Å². The van der Waals surface area contributed by atoms with E-state index in [-0.39, 0.29) is 5.75 Å². The first kappa shape index (κ1) is 10.5. The SMILES string of the molecule is N#CCCc1ccc(OC(F)F)cc1. The monoisotopic (exact) mass is 197 g/mol. The van der Waals surface area contributed by atoms with E-state index in [1.807, 2.05) is 6.07 Å². The van der Waals surface area contributed by atoms with Gasteiger partial charge in [-0.25, -0.2) is 0 Å². The number of halogens is 2. The number of hydrogen-bond acceptors (Lipinski definition) is 2. The third-order valence-electron chi connectivity index (χ3n) is 1.67. The van der Waals surface area contributed by atoms with Crippen molar-refractivity contribution < 1.29 is 13.5 Å². The third-order valence-corrected chi connectivity index (χ3v) is 1.67. The molecule has 0 radical (unpaired) electrons. The fourth-order valence-electron chi connectivity index (χ4n) is 1.04. The summed E-state index contributed by atoms with van der Waals surface area (Å²) >= 11 is 0. The van der Waals surface area contributed by atoms with Gasteiger partial charge in [-0.2, -0.15) is 14.0 Å². The molecule has 0 spiro atoms. The highest BCUT2D eigenvalue weighted by Crippen LogP contribution is 2.15. The molecule has 0 aliphatic carbocycles. The average molecular weight is 197 g/mol. The quantitative estimate of drug-likeness (QED) is 0.743. The van der Waals surface area contributed by atoms with Crippen LogP contribution in [0.1, 0.15) is 12.0 Å². The fraction of sp³-hybridized carbons (Fsp3) is 0.300. The topological polar surface area (TPSA) is 33.0 Å². The van der Waals surface area contributed by atoms with Gasteiger partial charge in [-0.1, -0.05) is 12.1 Å². The molecule has 0 aromatic heterocycles. The molecule has 74 valence electrons. The van der Waals surface area contributed by atoms with Crippen molar-refractivity contribution >= 4 is 0 Å². The van der Waals surface area contributed by atoms with Crippen molar-refractivity contribution in [3.8, 4) is 11.8 Å². The molecule has 0 heterocycles. The van der Waals surface area contributed by atoms with Gasteiger partial charge in [0.2, 0.25) is 0 Å². The van der Waals surface area contributed by atoms with Gasteiger partial charge < -0.3 is 4.74 Å². The van der Waals surface area contributed by atoms with Gasteiger partial charge in [-0.3, -0.25) is 0 Å². The molecule has 0 fully saturated rings. The fourth-order valence-corrected chi connectivity index (χ4v) is 1.04. The number of benzene rings is 1. The Hall–Kier alpha value is -1.63. The number of aryl methyl sites for hydroxylation is 1. The summed E-state index contributed by atoms with van der Waals surface area (Å²) in [4.78, 5) is 0. The van der Waals surface area contributed by atoms with E-state index in [1.54, 1.807) is 12.1 Å². The maximum Gasteiger partial charge on any atom is 0.387 e. The zero-order chi connectivity index (χ0) is 10.4. The van der Waals surface area contributed by atoms with Crippen LogP contribution in [0.5, 0.6) is 5.75 Å². The normalized spacial score (nSPS) is 9.86. The van der Waals surface area contributed by atoms with Crippen molar-refractivity contribution in [2.24, 2.45) is 0 Å². The Balaban J connectivity index is 2.56. The number of hydrogen-bond donors (Lipinski definition) is 0. The number of ether oxygens (including phenoxy) is 1. The Morgan fingerprint density at radius 2 is 1.93 bits per heavy atom. The molecule has 1 rings (SSSR count). The van der Waals surface area contributed by atoms with E-state index >= 15 is 0 Å². The standard InChI is InChI=1S/C10H9F2NO/c11-10(12)14-9-5-3-8(4-6-9)2-1-7-13/h3-6,10H,1-2H2. The second-order valence-electron chi connectivity index (χ2n) is 2.68. The van der Waals surface area contributed by atoms with Gasteiger partial charge in [0, 0.05) is 6.42 Å². The van der Waals surface area contributed by atoms with E-state index in [2.05, 4.69) is 4.74 Å². The molecule has 2 nitrogen and oxygen atoms in total. The third kappa shape index (κ3) is 3.40. The van der Waals surface area contributed by atoms with Crippen molar-refractivity contribution in [2.75, 3.05) is 0 Å². The molecule has 1 aromatic rings. The van der Waals surface area contributed by atoms with Crippen LogP contribution in [0.3, 0.4) is 0 Å². The molecule has 0 atom stereocenters. The Morgan fingerprint density at radius 1 is 1.29 bits per heavy atom. The maximum absolute atomic E-state index is 11.8. The van der Waals surface area contributed by atoms with Crippen molar-refractivity contribution in [3.63, 3.8) is 0 Å². The molecule has 0 saturated heterocycles. The van der Waals surface area contributed by atoms with Gasteiger partial charge in [-0.15, -0.1) is 0 Å². The van der Waals surface area contributed by atoms with Gasteiger partial charge in [0.1, 0.15) is 5.75 Å². The summed E-state index contributed by atoms with van der Waals surface area (Å²) in [7, 11) is 0. The summed E-state index contributed by atoms with van der Waals surface area (Å²) in [5.74, 6) is 0.140. The second-order valence-corrected chi connectivity index (χ2v) is 2.68. The van der Waals surface area contributed by atoms with Gasteiger partial charge in [-0.05, 0) is 24.1 Å². The zero-order valence-electron chi connectivity index (χ0n) is 7.41. The summed E-state index contributed by atoms with van der Waals surface area (Å²) in [6.45, 7) is -2.79. The molecule has 0 aliphatic heterocycles. The molecule has 0 N–H and O–H groups in total. The first-order chi connectivity index (χ1) is 6.72. The Morgan fingerprint density at radius 3 is 2.43 bits per heavy atom. The molecule has 0 amide bonds. The molecule has 0 aliphatic rings. The van der Waals surface area contributed by atoms with Crippen LogP contribution >= 0.6 is 0 Å². The maximum atomic E-state index is 11.8. The molecule has 1 aromatic carbocycles. The molecule has 4 heteroatoms. The Bertz CT molecular complexity index is 316. The number of alkyl halides is 2. The average Bonchev–Trinajstić information content (AvgIpc) is 2.16. The lowest BCUT2D eigenvalue weighted by Crippen LogP contribution is -2.01. The highest BCUT2D eigenvalue weighted by atomic mass is 19.3. The molecular weight excluding hydrogens is 188 g/mol. The van der Waals surface area contributed by atoms with Crippen molar-refractivity contribution in [1.29, 1.82) is 5.26 Å². The minimum absolute atomic E-state index is 0.140. The largest absolute Gasteiger partial charge is 0.435 e. The summed E-state index contributed by atoms with van der Waals surface area (Å²) in [5.41, 5.74) is 0.938. The van der Waals surface area contributed by atoms with E-state index in [4.69, 9.17) is 5.26 Å². The van der Waals surface area contributed by atoms with Crippen LogP contribution in [0.2, 0.25) is 0 Å². The van der Waals surface area contributed by atoms with Crippen LogP contribution in [0.4, 0.5) is 8.78 Å². The lowest BCUT2D eigenvalue weighted by Gasteiger charge is -2.04. The number of nitrogens with zero attached hydrogens (tertiary/aromatic N) is 1. The number of rotatable bonds is 4. The van der Waals surface area contributed by atoms with Gasteiger partial charge >= 0.3 is 6.61 Å². The molecule has 0 unspecified atom stereocenters. The van der Waals surface area contributed by atoms with Crippen LogP contribution in [-0.2, 0) is 6.42 Å². The van der Waals surface area contributed by atoms with E-state index in [9.17, 15) is 8.78 Å². The van der Waals surface area contributed by atoms with Gasteiger partial charge in [0.25, 0.3) is 0 Å². The smallest absolute Gasteiger partial charge is 0.387 e. The van der Waals surface area contributed by atoms with Crippen LogP contribution < -0.4 is 4.74 Å². The number of nitriles is 1. The predicted molar refractivity (Wildman–Crippen MR) is 47.0 cm³/mol. The van der Waals surface area contributed by atoms with Crippen LogP contribution in [0.15, 0.2) is 24.3 Å². The second kappa shape index (κ2) is 5.18. The lowest BCUT2D eigenvalue weighted by molar-refractivity contribution is -0.0498. The highest BCUT2D eigenvalue weighted by Gasteiger charge is 2.03. The first-order valence-corrected chi connectivity index (χ1v) is 4.13. The van der Waals surface area contributed by atoms with Gasteiger partial charge in [0.15, 0.2) is 0 Å². The minimum atomic E-state index is -2.79.